The summed E-state index contributed by atoms with van der Waals surface area (Å²) in [5.74, 6) is -26.0. The fraction of sp³-hybridized carbons (Fsp3) is 0.146. The van der Waals surface area contributed by atoms with Crippen molar-refractivity contribution in [3.8, 4) is 92.0 Å². The van der Waals surface area contributed by atoms with E-state index in [2.05, 4.69) is 0 Å². The van der Waals surface area contributed by atoms with Crippen molar-refractivity contribution in [2.24, 2.45) is 0 Å². The summed E-state index contributed by atoms with van der Waals surface area (Å²) >= 11 is 0. The SMILES string of the molecule is O=C(OC[C@H]1O[C@@H](OC(=O)c2cc(O)c(Oc3c(C(=O)O)cc(O)c(O)c3O)c(O)c2)[C@H](O)[C@@H](OC(=O)c2cc(O)c(O)c(O)c2)[C@@H]1OC(=O)c1cc(O)c(O)c(O)c1)c1cc(O)c(O)c(O)c1. The number of phenols is 14. The number of phenolic OH excluding ortho intramolecular Hbond substituents is 14. The maximum Gasteiger partial charge on any atom is 0.340 e. The van der Waals surface area contributed by atoms with E-state index in [1.165, 1.54) is 0 Å². The number of ether oxygens (including phenoxy) is 6. The number of carbonyl (C=O) groups excluding carboxylic acids is 4. The third-order valence-corrected chi connectivity index (χ3v) is 9.55. The maximum absolute atomic E-state index is 13.6. The molecule has 27 heteroatoms. The summed E-state index contributed by atoms with van der Waals surface area (Å²) in [5.41, 5.74) is -4.00. The minimum absolute atomic E-state index is 0.441. The summed E-state index contributed by atoms with van der Waals surface area (Å²) in [6, 6.07) is 4.98. The molecule has 1 aliphatic rings. The second-order valence-corrected chi connectivity index (χ2v) is 14.1. The molecule has 0 spiro atoms. The first kappa shape index (κ1) is 47.8. The van der Waals surface area contributed by atoms with Gasteiger partial charge in [-0.05, 0) is 48.5 Å². The molecule has 27 nitrogen and oxygen atoms in total. The average molecular weight is 957 g/mol. The van der Waals surface area contributed by atoms with Crippen LogP contribution in [0.2, 0.25) is 0 Å². The van der Waals surface area contributed by atoms with Crippen molar-refractivity contribution < 1.29 is 134 Å². The first-order chi connectivity index (χ1) is 31.9. The summed E-state index contributed by atoms with van der Waals surface area (Å²) in [6.07, 6.45) is -11.8. The molecule has 0 aliphatic carbocycles. The molecule has 5 atom stereocenters. The third-order valence-electron chi connectivity index (χ3n) is 9.55. The first-order valence-corrected chi connectivity index (χ1v) is 18.5. The summed E-state index contributed by atoms with van der Waals surface area (Å²) in [6.45, 7) is -1.20. The van der Waals surface area contributed by atoms with Gasteiger partial charge in [0.15, 0.2) is 93.1 Å². The molecule has 1 aliphatic heterocycles. The molecule has 5 aromatic carbocycles. The summed E-state index contributed by atoms with van der Waals surface area (Å²) in [7, 11) is 0. The minimum Gasteiger partial charge on any atom is -0.504 e. The molecule has 0 unspecified atom stereocenters. The molecule has 1 heterocycles. The van der Waals surface area contributed by atoms with E-state index < -0.39 is 187 Å². The van der Waals surface area contributed by atoms with Crippen molar-refractivity contribution in [3.63, 3.8) is 0 Å². The Morgan fingerprint density at radius 2 is 0.809 bits per heavy atom. The van der Waals surface area contributed by atoms with Crippen molar-refractivity contribution in [2.45, 2.75) is 30.7 Å². The number of hydrogen-bond donors (Lipinski definition) is 16. The quantitative estimate of drug-likeness (QED) is 0.0480. The van der Waals surface area contributed by atoms with Crippen LogP contribution in [0.25, 0.3) is 0 Å². The molecule has 0 amide bonds. The normalized spacial score (nSPS) is 17.6. The summed E-state index contributed by atoms with van der Waals surface area (Å²) < 4.78 is 32.1. The topological polar surface area (TPSA) is 464 Å². The molecule has 0 radical (unpaired) electrons. The molecular weight excluding hydrogens is 924 g/mol. The second-order valence-electron chi connectivity index (χ2n) is 14.1. The van der Waals surface area contributed by atoms with Crippen LogP contribution in [-0.2, 0) is 23.7 Å². The van der Waals surface area contributed by atoms with Gasteiger partial charge in [0.2, 0.25) is 23.5 Å². The highest BCUT2D eigenvalue weighted by Crippen LogP contribution is 2.50. The number of rotatable bonds is 12. The van der Waals surface area contributed by atoms with Gasteiger partial charge in [0.05, 0.1) is 22.3 Å². The number of aliphatic hydroxyl groups excluding tert-OH is 1. The Bertz CT molecular complexity index is 2800. The van der Waals surface area contributed by atoms with Gasteiger partial charge in [-0.1, -0.05) is 0 Å². The molecule has 1 saturated heterocycles. The average Bonchev–Trinajstić information content (AvgIpc) is 3.27. The Kier molecular flexibility index (Phi) is 13.0. The maximum atomic E-state index is 13.6. The lowest BCUT2D eigenvalue weighted by Gasteiger charge is -2.42. The molecule has 0 saturated carbocycles. The van der Waals surface area contributed by atoms with E-state index in [0.29, 0.717) is 54.6 Å². The number of carboxylic acids is 1. The molecule has 1 fully saturated rings. The van der Waals surface area contributed by atoms with Gasteiger partial charge in [0.25, 0.3) is 0 Å². The smallest absolute Gasteiger partial charge is 0.340 e. The second kappa shape index (κ2) is 18.5. The number of benzene rings is 5. The molecule has 358 valence electrons. The Balaban J connectivity index is 1.38. The predicted octanol–water partition coefficient (Wildman–Crippen LogP) is 1.61. The van der Waals surface area contributed by atoms with Gasteiger partial charge >= 0.3 is 29.8 Å². The van der Waals surface area contributed by atoms with E-state index in [4.69, 9.17) is 28.4 Å². The van der Waals surface area contributed by atoms with Gasteiger partial charge in [-0.2, -0.15) is 0 Å². The van der Waals surface area contributed by atoms with Crippen LogP contribution in [0.5, 0.6) is 92.0 Å². The molecular formula is C41H32O27. The van der Waals surface area contributed by atoms with E-state index in [9.17, 15) is 106 Å². The zero-order valence-electron chi connectivity index (χ0n) is 33.4. The molecule has 5 aromatic rings. The number of aromatic hydroxyl groups is 14. The van der Waals surface area contributed by atoms with Gasteiger partial charge in [-0.25, -0.2) is 24.0 Å². The molecule has 6 rings (SSSR count). The predicted molar refractivity (Wildman–Crippen MR) is 211 cm³/mol. The minimum atomic E-state index is -2.55. The van der Waals surface area contributed by atoms with Crippen LogP contribution in [0.15, 0.2) is 54.6 Å². The van der Waals surface area contributed by atoms with Crippen molar-refractivity contribution in [3.05, 3.63) is 82.4 Å². The van der Waals surface area contributed by atoms with E-state index in [1.807, 2.05) is 0 Å². The van der Waals surface area contributed by atoms with Crippen LogP contribution in [0.3, 0.4) is 0 Å². The van der Waals surface area contributed by atoms with Gasteiger partial charge in [0, 0.05) is 6.07 Å². The van der Waals surface area contributed by atoms with Crippen LogP contribution in [-0.4, -0.2) is 149 Å². The molecule has 16 N–H and O–H groups in total. The number of aliphatic hydroxyl groups is 1. The number of carboxylic acid groups (broad SMARTS) is 1. The number of esters is 4. The van der Waals surface area contributed by atoms with Gasteiger partial charge in [-0.15, -0.1) is 0 Å². The van der Waals surface area contributed by atoms with Crippen molar-refractivity contribution >= 4 is 29.8 Å². The molecule has 0 bridgehead atoms. The van der Waals surface area contributed by atoms with Gasteiger partial charge < -0.3 is 110 Å². The highest BCUT2D eigenvalue weighted by Gasteiger charge is 2.52. The Morgan fingerprint density at radius 1 is 0.441 bits per heavy atom. The van der Waals surface area contributed by atoms with Crippen LogP contribution < -0.4 is 4.74 Å². The van der Waals surface area contributed by atoms with Crippen LogP contribution in [0.4, 0.5) is 0 Å². The Labute approximate surface area is 375 Å². The van der Waals surface area contributed by atoms with E-state index in [0.717, 1.165) is 0 Å². The van der Waals surface area contributed by atoms with Crippen molar-refractivity contribution in [2.75, 3.05) is 6.61 Å². The largest absolute Gasteiger partial charge is 0.504 e. The lowest BCUT2D eigenvalue weighted by atomic mass is 9.98. The van der Waals surface area contributed by atoms with Crippen LogP contribution >= 0.6 is 0 Å². The van der Waals surface area contributed by atoms with Crippen LogP contribution in [0.1, 0.15) is 51.8 Å². The summed E-state index contributed by atoms with van der Waals surface area (Å²) in [5, 5.41) is 162. The number of hydrogen-bond acceptors (Lipinski definition) is 26. The zero-order valence-corrected chi connectivity index (χ0v) is 33.4. The number of carbonyl (C=O) groups is 5. The Morgan fingerprint density at radius 3 is 1.24 bits per heavy atom. The zero-order chi connectivity index (χ0) is 50.2. The fourth-order valence-electron chi connectivity index (χ4n) is 6.18. The standard InChI is InChI=1S/C41H32O27/c42-16-1-11(2-17(43)26(16)51)37(59)63-10-25-34(66-38(60)12-3-18(44)27(52)19(45)4-12)35(67-39(61)13-5-20(46)28(53)21(47)6-13)31(56)41(64-25)68-40(62)14-7-23(49)33(24(50)8-14)65-32-15(36(57)58)9-22(48)29(54)30(32)55/h1-9,25,31,34-35,41-56H,10H2,(H,57,58)/t25-,31-,34-,35-,41+/m1/s1. The monoisotopic (exact) mass is 956 g/mol. The summed E-state index contributed by atoms with van der Waals surface area (Å²) in [4.78, 5) is 65.6. The van der Waals surface area contributed by atoms with Gasteiger partial charge in [0.1, 0.15) is 18.3 Å². The molecule has 68 heavy (non-hydrogen) atoms. The highest BCUT2D eigenvalue weighted by molar-refractivity contribution is 5.95. The first-order valence-electron chi connectivity index (χ1n) is 18.5. The fourth-order valence-corrected chi connectivity index (χ4v) is 6.18. The lowest BCUT2D eigenvalue weighted by molar-refractivity contribution is -0.283. The number of aromatic carboxylic acids is 1. The highest BCUT2D eigenvalue weighted by atomic mass is 16.7. The van der Waals surface area contributed by atoms with E-state index in [1.54, 1.807) is 0 Å². The van der Waals surface area contributed by atoms with E-state index >= 15 is 0 Å². The van der Waals surface area contributed by atoms with Crippen molar-refractivity contribution in [1.82, 2.24) is 0 Å². The third kappa shape index (κ3) is 9.43. The van der Waals surface area contributed by atoms with E-state index in [-0.39, 0.29) is 0 Å². The molecule has 0 aromatic heterocycles. The van der Waals surface area contributed by atoms with Crippen molar-refractivity contribution in [1.29, 1.82) is 0 Å². The lowest BCUT2D eigenvalue weighted by Crippen LogP contribution is -2.62. The van der Waals surface area contributed by atoms with Crippen LogP contribution in [0, 0.1) is 0 Å². The Hall–Kier alpha value is -9.63. The van der Waals surface area contributed by atoms with Gasteiger partial charge in [-0.3, -0.25) is 0 Å².